The number of hydrogen-bond acceptors (Lipinski definition) is 7. The van der Waals surface area contributed by atoms with Crippen LogP contribution in [0.25, 0.3) is 22.6 Å². The third kappa shape index (κ3) is 3.42. The third-order valence-electron chi connectivity index (χ3n) is 4.81. The van der Waals surface area contributed by atoms with E-state index in [4.69, 9.17) is 15.2 Å². The number of primary amides is 1. The van der Waals surface area contributed by atoms with Gasteiger partial charge in [-0.3, -0.25) is 9.36 Å². The van der Waals surface area contributed by atoms with Crippen LogP contribution in [-0.4, -0.2) is 49.9 Å². The first kappa shape index (κ1) is 18.9. The molecule has 4 rings (SSSR count). The summed E-state index contributed by atoms with van der Waals surface area (Å²) in [7, 11) is 0. The summed E-state index contributed by atoms with van der Waals surface area (Å²) in [5.41, 5.74) is 5.58. The number of phenolic OH excluding ortho intramolecular Hbond substituents is 1. The van der Waals surface area contributed by atoms with E-state index in [2.05, 4.69) is 15.0 Å². The molecule has 1 atom stereocenters. The molecule has 2 aromatic heterocycles. The van der Waals surface area contributed by atoms with Crippen molar-refractivity contribution in [3.8, 4) is 22.9 Å². The maximum absolute atomic E-state index is 12.5. The van der Waals surface area contributed by atoms with Gasteiger partial charge in [-0.25, -0.2) is 14.8 Å². The van der Waals surface area contributed by atoms with Gasteiger partial charge >= 0.3 is 5.69 Å². The van der Waals surface area contributed by atoms with Crippen LogP contribution in [0.2, 0.25) is 0 Å². The first-order valence-corrected chi connectivity index (χ1v) is 9.36. The number of carbonyl (C=O) groups excluding carboxylic acids is 1. The van der Waals surface area contributed by atoms with Crippen molar-refractivity contribution in [2.45, 2.75) is 32.4 Å². The van der Waals surface area contributed by atoms with Gasteiger partial charge in [-0.15, -0.1) is 0 Å². The van der Waals surface area contributed by atoms with Gasteiger partial charge in [0.1, 0.15) is 5.52 Å². The van der Waals surface area contributed by atoms with E-state index in [9.17, 15) is 14.7 Å². The van der Waals surface area contributed by atoms with E-state index in [0.717, 1.165) is 12.8 Å². The number of para-hydroxylation sites is 1. The van der Waals surface area contributed by atoms with Crippen molar-refractivity contribution in [2.75, 3.05) is 13.2 Å². The molecule has 4 N–H and O–H groups in total. The summed E-state index contributed by atoms with van der Waals surface area (Å²) in [6, 6.07) is 4.88. The Balaban J connectivity index is 1.91. The molecule has 1 aromatic carbocycles. The van der Waals surface area contributed by atoms with Gasteiger partial charge in [0, 0.05) is 6.61 Å². The molecule has 1 amide bonds. The molecular formula is C19H21N5O5. The minimum Gasteiger partial charge on any atom is -0.504 e. The second-order valence-corrected chi connectivity index (χ2v) is 6.72. The van der Waals surface area contributed by atoms with Crippen LogP contribution < -0.4 is 16.2 Å². The highest BCUT2D eigenvalue weighted by Gasteiger charge is 2.24. The van der Waals surface area contributed by atoms with Gasteiger partial charge in [-0.05, 0) is 31.9 Å². The van der Waals surface area contributed by atoms with Crippen LogP contribution in [0, 0.1) is 0 Å². The van der Waals surface area contributed by atoms with E-state index in [1.807, 2.05) is 0 Å². The van der Waals surface area contributed by atoms with E-state index in [-0.39, 0.29) is 45.8 Å². The third-order valence-corrected chi connectivity index (χ3v) is 4.81. The fourth-order valence-electron chi connectivity index (χ4n) is 3.46. The zero-order valence-electron chi connectivity index (χ0n) is 15.8. The average molecular weight is 399 g/mol. The molecule has 0 spiro atoms. The quantitative estimate of drug-likeness (QED) is 0.564. The van der Waals surface area contributed by atoms with Gasteiger partial charge in [-0.1, -0.05) is 6.07 Å². The number of aromatic nitrogens is 4. The molecule has 0 saturated carbocycles. The average Bonchev–Trinajstić information content (AvgIpc) is 3.31. The van der Waals surface area contributed by atoms with Gasteiger partial charge in [0.15, 0.2) is 28.7 Å². The predicted molar refractivity (Wildman–Crippen MR) is 104 cm³/mol. The number of carbonyl (C=O) groups is 1. The SMILES string of the molecule is CCOc1cccc(-c2nc(C(N)=O)c3[nH]c(=O)n(CC4CCCO4)c3n2)c1O. The zero-order valence-corrected chi connectivity index (χ0v) is 15.8. The first-order chi connectivity index (χ1) is 14.0. The summed E-state index contributed by atoms with van der Waals surface area (Å²) < 4.78 is 12.4. The number of aromatic hydroxyl groups is 1. The monoisotopic (exact) mass is 399 g/mol. The molecule has 10 nitrogen and oxygen atoms in total. The molecule has 0 radical (unpaired) electrons. The number of H-pyrrole nitrogens is 1. The second kappa shape index (κ2) is 7.55. The lowest BCUT2D eigenvalue weighted by molar-refractivity contribution is 0.0970. The summed E-state index contributed by atoms with van der Waals surface area (Å²) in [6.07, 6.45) is 1.64. The zero-order chi connectivity index (χ0) is 20.5. The maximum Gasteiger partial charge on any atom is 0.327 e. The highest BCUT2D eigenvalue weighted by atomic mass is 16.5. The smallest absolute Gasteiger partial charge is 0.327 e. The molecule has 3 aromatic rings. The molecular weight excluding hydrogens is 378 g/mol. The molecule has 3 heterocycles. The second-order valence-electron chi connectivity index (χ2n) is 6.72. The summed E-state index contributed by atoms with van der Waals surface area (Å²) >= 11 is 0. The van der Waals surface area contributed by atoms with E-state index in [1.165, 1.54) is 4.57 Å². The molecule has 1 aliphatic rings. The number of hydrogen-bond donors (Lipinski definition) is 3. The number of ether oxygens (including phenoxy) is 2. The topological polar surface area (TPSA) is 145 Å². The van der Waals surface area contributed by atoms with Crippen LogP contribution in [-0.2, 0) is 11.3 Å². The molecule has 1 fully saturated rings. The fourth-order valence-corrected chi connectivity index (χ4v) is 3.46. The van der Waals surface area contributed by atoms with Crippen LogP contribution in [0.1, 0.15) is 30.3 Å². The lowest BCUT2D eigenvalue weighted by Gasteiger charge is -2.12. The van der Waals surface area contributed by atoms with E-state index in [0.29, 0.717) is 19.8 Å². The van der Waals surface area contributed by atoms with Crippen molar-refractivity contribution in [2.24, 2.45) is 5.73 Å². The Bertz CT molecular complexity index is 1130. The number of imidazole rings is 1. The van der Waals surface area contributed by atoms with Gasteiger partial charge in [0.25, 0.3) is 5.91 Å². The van der Waals surface area contributed by atoms with Crippen LogP contribution in [0.4, 0.5) is 0 Å². The van der Waals surface area contributed by atoms with E-state index >= 15 is 0 Å². The van der Waals surface area contributed by atoms with Crippen LogP contribution >= 0.6 is 0 Å². The standard InChI is InChI=1S/C19H21N5O5/c1-2-28-12-7-3-6-11(15(12)25)17-21-13(16(20)26)14-18(23-17)24(19(27)22-14)9-10-5-4-8-29-10/h3,6-7,10,25H,2,4-5,8-9H2,1H3,(H2,20,26)(H,22,27). The van der Waals surface area contributed by atoms with Gasteiger partial charge in [0.05, 0.1) is 24.8 Å². The Morgan fingerprint density at radius 2 is 2.28 bits per heavy atom. The molecule has 0 aliphatic carbocycles. The number of fused-ring (bicyclic) bond motifs is 1. The molecule has 1 saturated heterocycles. The molecule has 1 aliphatic heterocycles. The van der Waals surface area contributed by atoms with Crippen molar-refractivity contribution < 1.29 is 19.4 Å². The predicted octanol–water partition coefficient (Wildman–Crippen LogP) is 1.17. The van der Waals surface area contributed by atoms with Crippen LogP contribution in [0.5, 0.6) is 11.5 Å². The van der Waals surface area contributed by atoms with Crippen molar-refractivity contribution in [1.82, 2.24) is 19.5 Å². The highest BCUT2D eigenvalue weighted by molar-refractivity contribution is 6.02. The summed E-state index contributed by atoms with van der Waals surface area (Å²) in [5.74, 6) is -0.650. The number of amides is 1. The normalized spacial score (nSPS) is 16.4. The molecule has 0 bridgehead atoms. The number of aromatic amines is 1. The van der Waals surface area contributed by atoms with Gasteiger partial charge < -0.3 is 25.3 Å². The fraction of sp³-hybridized carbons (Fsp3) is 0.368. The number of nitrogens with two attached hydrogens (primary N) is 1. The lowest BCUT2D eigenvalue weighted by Crippen LogP contribution is -2.24. The lowest BCUT2D eigenvalue weighted by atomic mass is 10.1. The Morgan fingerprint density at radius 3 is 2.97 bits per heavy atom. The number of phenols is 1. The van der Waals surface area contributed by atoms with Crippen molar-refractivity contribution in [3.63, 3.8) is 0 Å². The van der Waals surface area contributed by atoms with Gasteiger partial charge in [0.2, 0.25) is 0 Å². The molecule has 152 valence electrons. The molecule has 1 unspecified atom stereocenters. The number of nitrogens with zero attached hydrogens (tertiary/aromatic N) is 3. The Morgan fingerprint density at radius 1 is 1.45 bits per heavy atom. The largest absolute Gasteiger partial charge is 0.504 e. The summed E-state index contributed by atoms with van der Waals surface area (Å²) in [5, 5.41) is 10.6. The number of rotatable bonds is 6. The van der Waals surface area contributed by atoms with Gasteiger partial charge in [-0.2, -0.15) is 0 Å². The summed E-state index contributed by atoms with van der Waals surface area (Å²) in [4.78, 5) is 35.8. The summed E-state index contributed by atoms with van der Waals surface area (Å²) in [6.45, 7) is 3.09. The van der Waals surface area contributed by atoms with Crippen LogP contribution in [0.15, 0.2) is 23.0 Å². The number of benzene rings is 1. The van der Waals surface area contributed by atoms with E-state index < -0.39 is 11.6 Å². The van der Waals surface area contributed by atoms with Crippen molar-refractivity contribution in [3.05, 3.63) is 34.4 Å². The van der Waals surface area contributed by atoms with E-state index in [1.54, 1.807) is 25.1 Å². The highest BCUT2D eigenvalue weighted by Crippen LogP contribution is 2.36. The molecule has 10 heteroatoms. The van der Waals surface area contributed by atoms with Crippen molar-refractivity contribution >= 4 is 17.1 Å². The Kier molecular flexibility index (Phi) is 4.93. The minimum absolute atomic E-state index is 0.0606. The Labute approximate surface area is 165 Å². The van der Waals surface area contributed by atoms with Crippen LogP contribution in [0.3, 0.4) is 0 Å². The maximum atomic E-state index is 12.5. The first-order valence-electron chi connectivity index (χ1n) is 9.36. The minimum atomic E-state index is -0.815. The van der Waals surface area contributed by atoms with Crippen molar-refractivity contribution in [1.29, 1.82) is 0 Å². The number of nitrogens with one attached hydrogen (secondary N) is 1. The molecule has 29 heavy (non-hydrogen) atoms. The Hall–Kier alpha value is -3.40.